The van der Waals surface area contributed by atoms with Gasteiger partial charge < -0.3 is 24.8 Å². The number of para-hydroxylation sites is 2. The monoisotopic (exact) mass is 585 g/mol. The van der Waals surface area contributed by atoms with Crippen molar-refractivity contribution < 1.29 is 23.8 Å². The van der Waals surface area contributed by atoms with E-state index in [4.69, 9.17) is 14.5 Å². The summed E-state index contributed by atoms with van der Waals surface area (Å²) in [6.45, 7) is 7.29. The molecule has 1 atom stereocenters. The van der Waals surface area contributed by atoms with Gasteiger partial charge in [-0.2, -0.15) is 0 Å². The SMILES string of the molecule is CCOc1ccccc1OC1CCCN(c2cncc(Nc3nc(-c4cccc(CC(C)(C)C(=O)O)c4)ccc3F)n2)C1. The molecule has 1 aliphatic heterocycles. The van der Waals surface area contributed by atoms with Crippen molar-refractivity contribution in [1.82, 2.24) is 15.0 Å². The number of carboxylic acids is 1. The lowest BCUT2D eigenvalue weighted by Gasteiger charge is -2.33. The molecule has 43 heavy (non-hydrogen) atoms. The molecular weight excluding hydrogens is 549 g/mol. The molecule has 0 radical (unpaired) electrons. The van der Waals surface area contributed by atoms with Gasteiger partial charge >= 0.3 is 5.97 Å². The number of ether oxygens (including phenoxy) is 2. The Bertz CT molecular complexity index is 1580. The van der Waals surface area contributed by atoms with E-state index in [1.807, 2.05) is 55.5 Å². The number of carboxylic acid groups (broad SMARTS) is 1. The van der Waals surface area contributed by atoms with Crippen LogP contribution in [0.3, 0.4) is 0 Å². The van der Waals surface area contributed by atoms with Gasteiger partial charge in [-0.3, -0.25) is 9.78 Å². The highest BCUT2D eigenvalue weighted by atomic mass is 19.1. The maximum absolute atomic E-state index is 14.9. The molecule has 9 nitrogen and oxygen atoms in total. The van der Waals surface area contributed by atoms with Crippen molar-refractivity contribution in [2.45, 2.75) is 46.1 Å². The molecule has 10 heteroatoms. The third-order valence-corrected chi connectivity index (χ3v) is 7.31. The fraction of sp³-hybridized carbons (Fsp3) is 0.333. The Morgan fingerprint density at radius 2 is 1.91 bits per heavy atom. The van der Waals surface area contributed by atoms with Gasteiger partial charge in [-0.05, 0) is 75.9 Å². The van der Waals surface area contributed by atoms with E-state index in [1.165, 1.54) is 12.3 Å². The fourth-order valence-electron chi connectivity index (χ4n) is 5.05. The molecule has 0 saturated carbocycles. The third-order valence-electron chi connectivity index (χ3n) is 7.31. The molecule has 5 rings (SSSR count). The van der Waals surface area contributed by atoms with Crippen molar-refractivity contribution in [1.29, 1.82) is 0 Å². The average molecular weight is 586 g/mol. The number of carbonyl (C=O) groups is 1. The van der Waals surface area contributed by atoms with Gasteiger partial charge in [0.1, 0.15) is 11.9 Å². The number of nitrogens with one attached hydrogen (secondary N) is 1. The zero-order valence-corrected chi connectivity index (χ0v) is 24.6. The fourth-order valence-corrected chi connectivity index (χ4v) is 5.05. The molecule has 2 aromatic carbocycles. The van der Waals surface area contributed by atoms with Gasteiger partial charge in [0.05, 0.1) is 36.7 Å². The van der Waals surface area contributed by atoms with E-state index in [2.05, 4.69) is 20.2 Å². The number of hydrogen-bond donors (Lipinski definition) is 2. The number of benzene rings is 2. The standard InChI is InChI=1S/C33H36FN5O4/c1-4-42-27-12-5-6-13-28(27)43-24-11-8-16-39(21-24)30-20-35-19-29(37-30)38-31-25(34)14-15-26(36-31)23-10-7-9-22(17-23)18-33(2,3)32(40)41/h5-7,9-10,12-15,17,19-20,24H,4,8,11,16,18,21H2,1-3H3,(H,40,41)(H,36,37,38). The molecule has 4 aromatic rings. The van der Waals surface area contributed by atoms with Crippen molar-refractivity contribution in [3.8, 4) is 22.8 Å². The zero-order chi connectivity index (χ0) is 30.4. The minimum absolute atomic E-state index is 0.0209. The number of pyridine rings is 1. The number of halogens is 1. The summed E-state index contributed by atoms with van der Waals surface area (Å²) in [5, 5.41) is 12.5. The summed E-state index contributed by atoms with van der Waals surface area (Å²) in [5.74, 6) is 1.08. The molecule has 3 heterocycles. The summed E-state index contributed by atoms with van der Waals surface area (Å²) in [7, 11) is 0. The molecule has 1 aliphatic rings. The summed E-state index contributed by atoms with van der Waals surface area (Å²) < 4.78 is 26.9. The maximum Gasteiger partial charge on any atom is 0.309 e. The highest BCUT2D eigenvalue weighted by Gasteiger charge is 2.27. The molecule has 1 fully saturated rings. The molecule has 1 saturated heterocycles. The summed E-state index contributed by atoms with van der Waals surface area (Å²) in [6.07, 6.45) is 5.34. The Balaban J connectivity index is 1.30. The predicted octanol–water partition coefficient (Wildman–Crippen LogP) is 6.52. The van der Waals surface area contributed by atoms with Gasteiger partial charge in [0.25, 0.3) is 0 Å². The van der Waals surface area contributed by atoms with Crippen molar-refractivity contribution in [3.63, 3.8) is 0 Å². The van der Waals surface area contributed by atoms with E-state index in [1.54, 1.807) is 26.1 Å². The molecule has 224 valence electrons. The average Bonchev–Trinajstić information content (AvgIpc) is 2.99. The second-order valence-corrected chi connectivity index (χ2v) is 11.2. The summed E-state index contributed by atoms with van der Waals surface area (Å²) in [4.78, 5) is 27.3. The molecule has 0 amide bonds. The van der Waals surface area contributed by atoms with Crippen molar-refractivity contribution in [2.75, 3.05) is 29.9 Å². The van der Waals surface area contributed by atoms with Gasteiger partial charge in [0, 0.05) is 12.1 Å². The molecule has 2 aromatic heterocycles. The topological polar surface area (TPSA) is 110 Å². The van der Waals surface area contributed by atoms with E-state index < -0.39 is 17.2 Å². The van der Waals surface area contributed by atoms with Crippen LogP contribution in [-0.2, 0) is 11.2 Å². The number of piperidine rings is 1. The Hall–Kier alpha value is -4.73. The predicted molar refractivity (Wildman–Crippen MR) is 164 cm³/mol. The van der Waals surface area contributed by atoms with Crippen LogP contribution in [0.4, 0.5) is 21.8 Å². The van der Waals surface area contributed by atoms with E-state index in [-0.39, 0.29) is 11.9 Å². The van der Waals surface area contributed by atoms with Gasteiger partial charge in [0.15, 0.2) is 29.0 Å². The van der Waals surface area contributed by atoms with Crippen molar-refractivity contribution >= 4 is 23.4 Å². The van der Waals surface area contributed by atoms with Crippen LogP contribution in [0.2, 0.25) is 0 Å². The number of aromatic nitrogens is 3. The molecule has 0 bridgehead atoms. The van der Waals surface area contributed by atoms with Crippen LogP contribution in [0.25, 0.3) is 11.3 Å². The highest BCUT2D eigenvalue weighted by Crippen LogP contribution is 2.31. The minimum atomic E-state index is -0.917. The lowest BCUT2D eigenvalue weighted by Crippen LogP contribution is -2.41. The van der Waals surface area contributed by atoms with Crippen LogP contribution in [0.1, 0.15) is 39.2 Å². The van der Waals surface area contributed by atoms with Gasteiger partial charge in [-0.15, -0.1) is 0 Å². The highest BCUT2D eigenvalue weighted by molar-refractivity contribution is 5.74. The molecule has 0 spiro atoms. The number of hydrogen-bond acceptors (Lipinski definition) is 8. The summed E-state index contributed by atoms with van der Waals surface area (Å²) in [5.41, 5.74) is 1.24. The smallest absolute Gasteiger partial charge is 0.309 e. The van der Waals surface area contributed by atoms with E-state index >= 15 is 0 Å². The Morgan fingerprint density at radius 1 is 1.09 bits per heavy atom. The van der Waals surface area contributed by atoms with Crippen LogP contribution >= 0.6 is 0 Å². The first-order valence-electron chi connectivity index (χ1n) is 14.4. The van der Waals surface area contributed by atoms with E-state index in [9.17, 15) is 14.3 Å². The van der Waals surface area contributed by atoms with Crippen molar-refractivity contribution in [3.05, 3.63) is 84.4 Å². The Labute approximate surface area is 250 Å². The Morgan fingerprint density at radius 3 is 2.70 bits per heavy atom. The van der Waals surface area contributed by atoms with Gasteiger partial charge in [-0.25, -0.2) is 14.4 Å². The quantitative estimate of drug-likeness (QED) is 0.203. The molecular formula is C33H36FN5O4. The number of rotatable bonds is 11. The first-order chi connectivity index (χ1) is 20.7. The second kappa shape index (κ2) is 13.1. The van der Waals surface area contributed by atoms with Crippen LogP contribution in [0, 0.1) is 11.2 Å². The van der Waals surface area contributed by atoms with E-state index in [0.717, 1.165) is 42.0 Å². The maximum atomic E-state index is 14.9. The normalized spacial score (nSPS) is 15.2. The van der Waals surface area contributed by atoms with Crippen LogP contribution in [-0.4, -0.2) is 51.8 Å². The van der Waals surface area contributed by atoms with Crippen LogP contribution in [0.5, 0.6) is 11.5 Å². The number of nitrogens with zero attached hydrogens (tertiary/aromatic N) is 4. The second-order valence-electron chi connectivity index (χ2n) is 11.2. The van der Waals surface area contributed by atoms with Gasteiger partial charge in [-0.1, -0.05) is 30.3 Å². The Kier molecular flexibility index (Phi) is 9.04. The first kappa shape index (κ1) is 29.8. The van der Waals surface area contributed by atoms with Gasteiger partial charge in [0.2, 0.25) is 0 Å². The molecule has 2 N–H and O–H groups in total. The minimum Gasteiger partial charge on any atom is -0.490 e. The van der Waals surface area contributed by atoms with Crippen molar-refractivity contribution in [2.24, 2.45) is 5.41 Å². The largest absolute Gasteiger partial charge is 0.490 e. The lowest BCUT2D eigenvalue weighted by molar-refractivity contribution is -0.146. The van der Waals surface area contributed by atoms with Crippen LogP contribution < -0.4 is 19.7 Å². The first-order valence-corrected chi connectivity index (χ1v) is 14.4. The number of aliphatic carboxylic acids is 1. The molecule has 1 unspecified atom stereocenters. The number of anilines is 3. The van der Waals surface area contributed by atoms with E-state index in [0.29, 0.717) is 36.9 Å². The summed E-state index contributed by atoms with van der Waals surface area (Å²) >= 11 is 0. The molecule has 0 aliphatic carbocycles. The lowest BCUT2D eigenvalue weighted by atomic mass is 9.85. The zero-order valence-electron chi connectivity index (χ0n) is 24.6. The third kappa shape index (κ3) is 7.38. The van der Waals surface area contributed by atoms with Crippen LogP contribution in [0.15, 0.2) is 73.1 Å². The summed E-state index contributed by atoms with van der Waals surface area (Å²) in [6, 6.07) is 18.1.